The highest BCUT2D eigenvalue weighted by Gasteiger charge is 2.34. The van der Waals surface area contributed by atoms with Crippen LogP contribution in [-0.2, 0) is 4.74 Å². The zero-order valence-corrected chi connectivity index (χ0v) is 13.5. The molecule has 1 aliphatic rings. The third-order valence-electron chi connectivity index (χ3n) is 3.20. The normalized spacial score (nSPS) is 19.2. The Morgan fingerprint density at radius 2 is 2.15 bits per heavy atom. The van der Waals surface area contributed by atoms with E-state index in [2.05, 4.69) is 15.9 Å². The number of rotatable bonds is 1. The number of hydrogen-bond acceptors (Lipinski definition) is 2. The number of amides is 1. The van der Waals surface area contributed by atoms with Crippen LogP contribution >= 0.6 is 15.9 Å². The fourth-order valence-electron chi connectivity index (χ4n) is 2.40. The number of halogens is 2. The molecule has 2 rings (SSSR count). The molecule has 1 heterocycles. The SMILES string of the molecule is CC(C)(C)OC(=O)N1CCC[C@@H]1c1cc(F)ccc1Br. The summed E-state index contributed by atoms with van der Waals surface area (Å²) in [6, 6.07) is 4.43. The summed E-state index contributed by atoms with van der Waals surface area (Å²) in [7, 11) is 0. The maximum absolute atomic E-state index is 13.4. The second-order valence-electron chi connectivity index (χ2n) is 6.00. The third-order valence-corrected chi connectivity index (χ3v) is 3.92. The lowest BCUT2D eigenvalue weighted by Crippen LogP contribution is -2.36. The van der Waals surface area contributed by atoms with Gasteiger partial charge in [0, 0.05) is 11.0 Å². The van der Waals surface area contributed by atoms with E-state index in [1.165, 1.54) is 12.1 Å². The van der Waals surface area contributed by atoms with Crippen molar-refractivity contribution in [2.24, 2.45) is 0 Å². The van der Waals surface area contributed by atoms with Crippen molar-refractivity contribution in [3.63, 3.8) is 0 Å². The molecule has 3 nitrogen and oxygen atoms in total. The molecule has 5 heteroatoms. The van der Waals surface area contributed by atoms with Gasteiger partial charge in [0.2, 0.25) is 0 Å². The van der Waals surface area contributed by atoms with E-state index >= 15 is 0 Å². The van der Waals surface area contributed by atoms with Gasteiger partial charge in [0.15, 0.2) is 0 Å². The molecule has 1 aromatic rings. The summed E-state index contributed by atoms with van der Waals surface area (Å²) in [5.74, 6) is -0.292. The van der Waals surface area contributed by atoms with Crippen LogP contribution < -0.4 is 0 Å². The van der Waals surface area contributed by atoms with Crippen molar-refractivity contribution in [2.45, 2.75) is 45.3 Å². The van der Waals surface area contributed by atoms with Crippen LogP contribution in [0, 0.1) is 5.82 Å². The third kappa shape index (κ3) is 3.51. The fourth-order valence-corrected chi connectivity index (χ4v) is 2.91. The molecule has 0 radical (unpaired) electrons. The molecule has 1 aliphatic heterocycles. The number of nitrogens with zero attached hydrogens (tertiary/aromatic N) is 1. The minimum atomic E-state index is -0.524. The van der Waals surface area contributed by atoms with E-state index in [4.69, 9.17) is 4.74 Å². The first-order valence-corrected chi connectivity index (χ1v) is 7.52. The van der Waals surface area contributed by atoms with Crippen molar-refractivity contribution in [1.82, 2.24) is 4.90 Å². The fraction of sp³-hybridized carbons (Fsp3) is 0.533. The topological polar surface area (TPSA) is 29.5 Å². The standard InChI is InChI=1S/C15H19BrFNO2/c1-15(2,3)20-14(19)18-8-4-5-13(18)11-9-10(17)6-7-12(11)16/h6-7,9,13H,4-5,8H2,1-3H3/t13-/m1/s1. The predicted octanol–water partition coefficient (Wildman–Crippen LogP) is 4.66. The Labute approximate surface area is 127 Å². The van der Waals surface area contributed by atoms with Gasteiger partial charge in [-0.2, -0.15) is 0 Å². The van der Waals surface area contributed by atoms with Gasteiger partial charge in [0.1, 0.15) is 11.4 Å². The summed E-state index contributed by atoms with van der Waals surface area (Å²) in [5, 5.41) is 0. The van der Waals surface area contributed by atoms with Gasteiger partial charge in [-0.15, -0.1) is 0 Å². The minimum absolute atomic E-state index is 0.130. The second-order valence-corrected chi connectivity index (χ2v) is 6.85. The first-order valence-electron chi connectivity index (χ1n) is 6.72. The first-order chi connectivity index (χ1) is 9.28. The van der Waals surface area contributed by atoms with E-state index < -0.39 is 5.60 Å². The summed E-state index contributed by atoms with van der Waals surface area (Å²) in [4.78, 5) is 13.9. The molecule has 0 aromatic heterocycles. The molecule has 1 fully saturated rings. The predicted molar refractivity (Wildman–Crippen MR) is 79.0 cm³/mol. The second kappa shape index (κ2) is 5.72. The molecular weight excluding hydrogens is 325 g/mol. The summed E-state index contributed by atoms with van der Waals surface area (Å²) in [6.07, 6.45) is 1.38. The maximum Gasteiger partial charge on any atom is 0.410 e. The Balaban J connectivity index is 2.23. The van der Waals surface area contributed by atoms with Crippen molar-refractivity contribution >= 4 is 22.0 Å². The number of carbonyl (C=O) groups is 1. The summed E-state index contributed by atoms with van der Waals surface area (Å²) < 4.78 is 19.7. The summed E-state index contributed by atoms with van der Waals surface area (Å²) in [5.41, 5.74) is 0.275. The van der Waals surface area contributed by atoms with Crippen LogP contribution in [0.1, 0.15) is 45.2 Å². The van der Waals surface area contributed by atoms with Gasteiger partial charge in [-0.3, -0.25) is 0 Å². The van der Waals surface area contributed by atoms with Crippen molar-refractivity contribution in [3.05, 3.63) is 34.1 Å². The molecule has 1 amide bonds. The zero-order valence-electron chi connectivity index (χ0n) is 12.0. The highest BCUT2D eigenvalue weighted by atomic mass is 79.9. The number of ether oxygens (including phenoxy) is 1. The molecule has 0 N–H and O–H groups in total. The molecule has 1 saturated heterocycles. The average Bonchev–Trinajstić information content (AvgIpc) is 2.79. The lowest BCUT2D eigenvalue weighted by atomic mass is 10.0. The van der Waals surface area contributed by atoms with Crippen molar-refractivity contribution in [2.75, 3.05) is 6.54 Å². The van der Waals surface area contributed by atoms with Gasteiger partial charge in [-0.05, 0) is 57.4 Å². The monoisotopic (exact) mass is 343 g/mol. The van der Waals surface area contributed by atoms with Crippen LogP contribution in [0.4, 0.5) is 9.18 Å². The van der Waals surface area contributed by atoms with Crippen LogP contribution in [0.2, 0.25) is 0 Å². The Hall–Kier alpha value is -1.10. The number of likely N-dealkylation sites (tertiary alicyclic amines) is 1. The van der Waals surface area contributed by atoms with Gasteiger partial charge in [-0.1, -0.05) is 15.9 Å². The van der Waals surface area contributed by atoms with Gasteiger partial charge in [0.25, 0.3) is 0 Å². The average molecular weight is 344 g/mol. The largest absolute Gasteiger partial charge is 0.444 e. The molecule has 1 aromatic carbocycles. The highest BCUT2D eigenvalue weighted by molar-refractivity contribution is 9.10. The molecule has 0 bridgehead atoms. The van der Waals surface area contributed by atoms with Crippen LogP contribution in [0.3, 0.4) is 0 Å². The molecular formula is C15H19BrFNO2. The molecule has 0 spiro atoms. The zero-order chi connectivity index (χ0) is 14.9. The van der Waals surface area contributed by atoms with Gasteiger partial charge < -0.3 is 9.64 Å². The summed E-state index contributed by atoms with van der Waals surface area (Å²) in [6.45, 7) is 6.17. The van der Waals surface area contributed by atoms with Gasteiger partial charge in [-0.25, -0.2) is 9.18 Å². The quantitative estimate of drug-likeness (QED) is 0.742. The van der Waals surface area contributed by atoms with Gasteiger partial charge >= 0.3 is 6.09 Å². The number of hydrogen-bond donors (Lipinski definition) is 0. The summed E-state index contributed by atoms with van der Waals surface area (Å²) >= 11 is 3.43. The van der Waals surface area contributed by atoms with Crippen LogP contribution in [0.15, 0.2) is 22.7 Å². The van der Waals surface area contributed by atoms with E-state index in [0.29, 0.717) is 6.54 Å². The Morgan fingerprint density at radius 3 is 2.80 bits per heavy atom. The lowest BCUT2D eigenvalue weighted by Gasteiger charge is -2.29. The van der Waals surface area contributed by atoms with Gasteiger partial charge in [0.05, 0.1) is 6.04 Å². The Morgan fingerprint density at radius 1 is 1.45 bits per heavy atom. The van der Waals surface area contributed by atoms with Crippen LogP contribution in [-0.4, -0.2) is 23.1 Å². The smallest absolute Gasteiger partial charge is 0.410 e. The van der Waals surface area contributed by atoms with Crippen LogP contribution in [0.25, 0.3) is 0 Å². The molecule has 0 saturated carbocycles. The van der Waals surface area contributed by atoms with Crippen molar-refractivity contribution in [1.29, 1.82) is 0 Å². The van der Waals surface area contributed by atoms with E-state index in [1.54, 1.807) is 11.0 Å². The van der Waals surface area contributed by atoms with E-state index in [0.717, 1.165) is 22.9 Å². The maximum atomic E-state index is 13.4. The van der Waals surface area contributed by atoms with Crippen molar-refractivity contribution in [3.8, 4) is 0 Å². The lowest BCUT2D eigenvalue weighted by molar-refractivity contribution is 0.0224. The molecule has 1 atom stereocenters. The minimum Gasteiger partial charge on any atom is -0.444 e. The van der Waals surface area contributed by atoms with E-state index in [-0.39, 0.29) is 18.0 Å². The highest BCUT2D eigenvalue weighted by Crippen LogP contribution is 2.37. The number of benzene rings is 1. The van der Waals surface area contributed by atoms with Crippen LogP contribution in [0.5, 0.6) is 0 Å². The van der Waals surface area contributed by atoms with E-state index in [9.17, 15) is 9.18 Å². The Kier molecular flexibility index (Phi) is 4.37. The molecule has 20 heavy (non-hydrogen) atoms. The van der Waals surface area contributed by atoms with E-state index in [1.807, 2.05) is 20.8 Å². The molecule has 0 aliphatic carbocycles. The Bertz CT molecular complexity index is 513. The molecule has 110 valence electrons. The number of carbonyl (C=O) groups excluding carboxylic acids is 1. The van der Waals surface area contributed by atoms with Crippen molar-refractivity contribution < 1.29 is 13.9 Å². The molecule has 0 unspecified atom stereocenters. The first kappa shape index (κ1) is 15.3.